The van der Waals surface area contributed by atoms with Crippen LogP contribution in [0, 0.1) is 5.92 Å². The summed E-state index contributed by atoms with van der Waals surface area (Å²) in [5.41, 5.74) is 1.35. The largest absolute Gasteiger partial charge is 0.486 e. The molecule has 0 fully saturated rings. The van der Waals surface area contributed by atoms with Crippen molar-refractivity contribution in [3.63, 3.8) is 0 Å². The quantitative estimate of drug-likeness (QED) is 0.720. The molecule has 29 heavy (non-hydrogen) atoms. The highest BCUT2D eigenvalue weighted by molar-refractivity contribution is 6.33. The summed E-state index contributed by atoms with van der Waals surface area (Å²) in [6.07, 6.45) is 0.171. The number of benzene rings is 2. The van der Waals surface area contributed by atoms with Gasteiger partial charge in [0.25, 0.3) is 5.91 Å². The normalized spacial score (nSPS) is 13.7. The Morgan fingerprint density at radius 2 is 1.79 bits per heavy atom. The van der Waals surface area contributed by atoms with Crippen molar-refractivity contribution in [1.29, 1.82) is 0 Å². The third kappa shape index (κ3) is 5.41. The van der Waals surface area contributed by atoms with E-state index in [-0.39, 0.29) is 36.7 Å². The zero-order chi connectivity index (χ0) is 20.8. The van der Waals surface area contributed by atoms with Gasteiger partial charge in [-0.05, 0) is 35.7 Å². The molecule has 0 saturated carbocycles. The third-order valence-electron chi connectivity index (χ3n) is 4.66. The van der Waals surface area contributed by atoms with Crippen LogP contribution in [-0.4, -0.2) is 31.6 Å². The molecule has 0 aliphatic carbocycles. The number of hydrogen-bond donors (Lipinski definition) is 2. The van der Waals surface area contributed by atoms with Crippen molar-refractivity contribution in [1.82, 2.24) is 10.6 Å². The molecule has 0 unspecified atom stereocenters. The second-order valence-corrected chi connectivity index (χ2v) is 7.59. The Morgan fingerprint density at radius 3 is 2.52 bits per heavy atom. The monoisotopic (exact) mass is 416 g/mol. The van der Waals surface area contributed by atoms with Crippen molar-refractivity contribution in [3.8, 4) is 11.5 Å². The number of carbonyl (C=O) groups is 2. The Morgan fingerprint density at radius 1 is 1.07 bits per heavy atom. The summed E-state index contributed by atoms with van der Waals surface area (Å²) in [6.45, 7) is 5.36. The zero-order valence-electron chi connectivity index (χ0n) is 16.5. The van der Waals surface area contributed by atoms with Gasteiger partial charge in [0.05, 0.1) is 16.6 Å². The van der Waals surface area contributed by atoms with Crippen LogP contribution in [-0.2, 0) is 4.79 Å². The van der Waals surface area contributed by atoms with Gasteiger partial charge in [-0.15, -0.1) is 0 Å². The number of amides is 2. The molecule has 0 bridgehead atoms. The van der Waals surface area contributed by atoms with E-state index < -0.39 is 0 Å². The molecule has 0 saturated heterocycles. The van der Waals surface area contributed by atoms with Gasteiger partial charge in [0.15, 0.2) is 11.5 Å². The Kier molecular flexibility index (Phi) is 6.99. The van der Waals surface area contributed by atoms with Crippen molar-refractivity contribution in [2.45, 2.75) is 26.3 Å². The highest BCUT2D eigenvalue weighted by atomic mass is 35.5. The average molecular weight is 417 g/mol. The molecule has 2 aromatic carbocycles. The minimum absolute atomic E-state index is 0.141. The van der Waals surface area contributed by atoms with Gasteiger partial charge in [-0.3, -0.25) is 9.59 Å². The molecule has 3 rings (SSSR count). The van der Waals surface area contributed by atoms with Crippen LogP contribution in [0.1, 0.15) is 42.2 Å². The van der Waals surface area contributed by atoms with Crippen LogP contribution in [0.25, 0.3) is 0 Å². The first-order valence-corrected chi connectivity index (χ1v) is 10.0. The highest BCUT2D eigenvalue weighted by Crippen LogP contribution is 2.34. The first kappa shape index (κ1) is 21.0. The summed E-state index contributed by atoms with van der Waals surface area (Å²) in [7, 11) is 0. The van der Waals surface area contributed by atoms with Crippen molar-refractivity contribution in [2.24, 2.45) is 5.92 Å². The number of nitrogens with one attached hydrogen (secondary N) is 2. The van der Waals surface area contributed by atoms with Crippen molar-refractivity contribution in [2.75, 3.05) is 19.8 Å². The van der Waals surface area contributed by atoms with Crippen LogP contribution in [0.15, 0.2) is 42.5 Å². The standard InChI is InChI=1S/C22H25ClN2O4/c1-14(2)21(15-7-8-18-19(13-15)29-12-11-28-18)25-20(26)9-10-24-22(27)16-5-3-4-6-17(16)23/h3-8,13-14,21H,9-12H2,1-2H3,(H,24,27)(H,25,26)/t21-/m0/s1. The maximum absolute atomic E-state index is 12.5. The van der Waals surface area contributed by atoms with Crippen LogP contribution in [0.3, 0.4) is 0 Å². The third-order valence-corrected chi connectivity index (χ3v) is 4.99. The number of hydrogen-bond acceptors (Lipinski definition) is 4. The molecule has 7 heteroatoms. The first-order valence-electron chi connectivity index (χ1n) is 9.67. The molecule has 1 atom stereocenters. The lowest BCUT2D eigenvalue weighted by atomic mass is 9.95. The van der Waals surface area contributed by atoms with Gasteiger partial charge in [-0.1, -0.05) is 43.6 Å². The fraction of sp³-hybridized carbons (Fsp3) is 0.364. The van der Waals surface area contributed by atoms with Crippen LogP contribution < -0.4 is 20.1 Å². The van der Waals surface area contributed by atoms with E-state index in [1.165, 1.54) is 0 Å². The van der Waals surface area contributed by atoms with Gasteiger partial charge in [0.2, 0.25) is 5.91 Å². The maximum atomic E-state index is 12.5. The van der Waals surface area contributed by atoms with Gasteiger partial charge in [0.1, 0.15) is 13.2 Å². The number of fused-ring (bicyclic) bond motifs is 1. The fourth-order valence-electron chi connectivity index (χ4n) is 3.16. The van der Waals surface area contributed by atoms with Gasteiger partial charge in [-0.2, -0.15) is 0 Å². The Balaban J connectivity index is 1.56. The lowest BCUT2D eigenvalue weighted by Crippen LogP contribution is -2.35. The predicted molar refractivity (Wildman–Crippen MR) is 112 cm³/mol. The van der Waals surface area contributed by atoms with Crippen LogP contribution in [0.5, 0.6) is 11.5 Å². The van der Waals surface area contributed by atoms with Crippen LogP contribution in [0.4, 0.5) is 0 Å². The lowest BCUT2D eigenvalue weighted by molar-refractivity contribution is -0.122. The Labute approximate surface area is 175 Å². The maximum Gasteiger partial charge on any atom is 0.252 e. The summed E-state index contributed by atoms with van der Waals surface area (Å²) in [6, 6.07) is 12.4. The number of ether oxygens (including phenoxy) is 2. The first-order chi connectivity index (χ1) is 14.0. The van der Waals surface area contributed by atoms with E-state index in [0.717, 1.165) is 11.3 Å². The minimum Gasteiger partial charge on any atom is -0.486 e. The van der Waals surface area contributed by atoms with E-state index in [9.17, 15) is 9.59 Å². The van der Waals surface area contributed by atoms with Gasteiger partial charge in [-0.25, -0.2) is 0 Å². The van der Waals surface area contributed by atoms with Crippen molar-refractivity contribution >= 4 is 23.4 Å². The number of carbonyl (C=O) groups excluding carboxylic acids is 2. The fourth-order valence-corrected chi connectivity index (χ4v) is 3.39. The van der Waals surface area contributed by atoms with E-state index in [2.05, 4.69) is 10.6 Å². The summed E-state index contributed by atoms with van der Waals surface area (Å²) < 4.78 is 11.2. The molecular weight excluding hydrogens is 392 g/mol. The SMILES string of the molecule is CC(C)[C@H](NC(=O)CCNC(=O)c1ccccc1Cl)c1ccc2c(c1)OCCO2. The molecule has 0 aromatic heterocycles. The Bertz CT molecular complexity index is 885. The molecule has 2 amide bonds. The van der Waals surface area contributed by atoms with Crippen molar-refractivity contribution < 1.29 is 19.1 Å². The van der Waals surface area contributed by atoms with Crippen LogP contribution in [0.2, 0.25) is 5.02 Å². The summed E-state index contributed by atoms with van der Waals surface area (Å²) in [5, 5.41) is 6.17. The molecule has 1 aliphatic heterocycles. The van der Waals surface area contributed by atoms with E-state index in [1.807, 2.05) is 32.0 Å². The minimum atomic E-state index is -0.296. The van der Waals surface area contributed by atoms with Crippen molar-refractivity contribution in [3.05, 3.63) is 58.6 Å². The van der Waals surface area contributed by atoms with E-state index >= 15 is 0 Å². The highest BCUT2D eigenvalue weighted by Gasteiger charge is 2.21. The van der Waals surface area contributed by atoms with E-state index in [1.54, 1.807) is 24.3 Å². The van der Waals surface area contributed by atoms with E-state index in [4.69, 9.17) is 21.1 Å². The molecule has 2 aromatic rings. The molecule has 1 heterocycles. The lowest BCUT2D eigenvalue weighted by Gasteiger charge is -2.25. The summed E-state index contributed by atoms with van der Waals surface area (Å²) in [4.78, 5) is 24.6. The second kappa shape index (κ2) is 9.65. The zero-order valence-corrected chi connectivity index (χ0v) is 17.3. The molecule has 0 spiro atoms. The van der Waals surface area contributed by atoms with Gasteiger partial charge >= 0.3 is 0 Å². The number of halogens is 1. The molecule has 2 N–H and O–H groups in total. The van der Waals surface area contributed by atoms with E-state index in [0.29, 0.717) is 29.5 Å². The Hall–Kier alpha value is -2.73. The topological polar surface area (TPSA) is 76.7 Å². The smallest absolute Gasteiger partial charge is 0.252 e. The molecule has 154 valence electrons. The summed E-state index contributed by atoms with van der Waals surface area (Å²) >= 11 is 6.02. The molecule has 0 radical (unpaired) electrons. The average Bonchev–Trinajstić information content (AvgIpc) is 2.71. The van der Waals surface area contributed by atoms with Gasteiger partial charge < -0.3 is 20.1 Å². The molecule has 1 aliphatic rings. The van der Waals surface area contributed by atoms with Crippen LogP contribution >= 0.6 is 11.6 Å². The second-order valence-electron chi connectivity index (χ2n) is 7.18. The predicted octanol–water partition coefficient (Wildman–Crippen LogP) is 3.74. The molecule has 6 nitrogen and oxygen atoms in total. The van der Waals surface area contributed by atoms with Gasteiger partial charge in [0, 0.05) is 13.0 Å². The number of rotatable bonds is 7. The molecular formula is C22H25ClN2O4. The summed E-state index contributed by atoms with van der Waals surface area (Å²) in [5.74, 6) is 1.16.